The normalized spacial score (nSPS) is 14.1. The lowest BCUT2D eigenvalue weighted by atomic mass is 10.1. The standard InChI is InChI=1S/C12H16BrNO/c1-8(2)14-7-10-6-11(13)5-9-3-4-15-12(9)10/h5-6,8,14H,3-4,7H2,1-2H3. The second-order valence-electron chi connectivity index (χ2n) is 4.19. The van der Waals surface area contributed by atoms with Gasteiger partial charge in [0.25, 0.3) is 0 Å². The van der Waals surface area contributed by atoms with Crippen LogP contribution in [0, 0.1) is 0 Å². The highest BCUT2D eigenvalue weighted by Crippen LogP contribution is 2.32. The van der Waals surface area contributed by atoms with E-state index in [0.29, 0.717) is 6.04 Å². The molecule has 1 aliphatic rings. The number of hydrogen-bond acceptors (Lipinski definition) is 2. The van der Waals surface area contributed by atoms with Gasteiger partial charge in [0.05, 0.1) is 6.61 Å². The van der Waals surface area contributed by atoms with Crippen molar-refractivity contribution in [3.05, 3.63) is 27.7 Å². The van der Waals surface area contributed by atoms with Crippen LogP contribution in [-0.4, -0.2) is 12.6 Å². The van der Waals surface area contributed by atoms with Crippen molar-refractivity contribution in [1.82, 2.24) is 5.32 Å². The van der Waals surface area contributed by atoms with Gasteiger partial charge in [0.15, 0.2) is 0 Å². The summed E-state index contributed by atoms with van der Waals surface area (Å²) in [4.78, 5) is 0. The van der Waals surface area contributed by atoms with Gasteiger partial charge in [0, 0.05) is 29.0 Å². The fraction of sp³-hybridized carbons (Fsp3) is 0.500. The molecule has 82 valence electrons. The van der Waals surface area contributed by atoms with E-state index >= 15 is 0 Å². The first kappa shape index (κ1) is 11.0. The maximum atomic E-state index is 5.66. The highest BCUT2D eigenvalue weighted by molar-refractivity contribution is 9.10. The minimum atomic E-state index is 0.501. The quantitative estimate of drug-likeness (QED) is 0.911. The molecule has 2 nitrogen and oxygen atoms in total. The van der Waals surface area contributed by atoms with E-state index in [9.17, 15) is 0 Å². The zero-order valence-electron chi connectivity index (χ0n) is 9.14. The summed E-state index contributed by atoms with van der Waals surface area (Å²) in [5, 5.41) is 3.42. The average Bonchev–Trinajstić information content (AvgIpc) is 2.61. The van der Waals surface area contributed by atoms with Crippen LogP contribution >= 0.6 is 15.9 Å². The molecular weight excluding hydrogens is 254 g/mol. The second-order valence-corrected chi connectivity index (χ2v) is 5.10. The summed E-state index contributed by atoms with van der Waals surface area (Å²) in [5.74, 6) is 1.09. The highest BCUT2D eigenvalue weighted by Gasteiger charge is 2.17. The van der Waals surface area contributed by atoms with Crippen LogP contribution in [0.15, 0.2) is 16.6 Å². The molecule has 2 rings (SSSR count). The summed E-state index contributed by atoms with van der Waals surface area (Å²) in [5.41, 5.74) is 2.58. The number of ether oxygens (including phenoxy) is 1. The average molecular weight is 270 g/mol. The molecule has 0 aliphatic carbocycles. The van der Waals surface area contributed by atoms with E-state index in [0.717, 1.165) is 29.8 Å². The van der Waals surface area contributed by atoms with Gasteiger partial charge in [-0.15, -0.1) is 0 Å². The summed E-state index contributed by atoms with van der Waals surface area (Å²) < 4.78 is 6.80. The van der Waals surface area contributed by atoms with Gasteiger partial charge in [0.2, 0.25) is 0 Å². The molecule has 1 heterocycles. The van der Waals surface area contributed by atoms with E-state index < -0.39 is 0 Å². The van der Waals surface area contributed by atoms with E-state index in [1.807, 2.05) is 0 Å². The molecule has 0 spiro atoms. The number of benzene rings is 1. The molecule has 0 atom stereocenters. The molecule has 1 aliphatic heterocycles. The van der Waals surface area contributed by atoms with E-state index in [2.05, 4.69) is 47.2 Å². The summed E-state index contributed by atoms with van der Waals surface area (Å²) in [7, 11) is 0. The molecule has 1 aromatic rings. The van der Waals surface area contributed by atoms with Gasteiger partial charge in [-0.2, -0.15) is 0 Å². The Kier molecular flexibility index (Phi) is 3.32. The highest BCUT2D eigenvalue weighted by atomic mass is 79.9. The minimum absolute atomic E-state index is 0.501. The van der Waals surface area contributed by atoms with Crippen molar-refractivity contribution < 1.29 is 4.74 Å². The predicted octanol–water partition coefficient (Wildman–Crippen LogP) is 2.88. The summed E-state index contributed by atoms with van der Waals surface area (Å²) in [6, 6.07) is 4.79. The van der Waals surface area contributed by atoms with E-state index in [-0.39, 0.29) is 0 Å². The number of fused-ring (bicyclic) bond motifs is 1. The third-order valence-electron chi connectivity index (χ3n) is 2.53. The Bertz CT molecular complexity index is 363. The Morgan fingerprint density at radius 3 is 3.00 bits per heavy atom. The van der Waals surface area contributed by atoms with Gasteiger partial charge in [0.1, 0.15) is 5.75 Å². The van der Waals surface area contributed by atoms with Crippen molar-refractivity contribution in [2.75, 3.05) is 6.61 Å². The molecule has 15 heavy (non-hydrogen) atoms. The summed E-state index contributed by atoms with van der Waals surface area (Å²) >= 11 is 3.54. The van der Waals surface area contributed by atoms with Crippen molar-refractivity contribution in [3.63, 3.8) is 0 Å². The van der Waals surface area contributed by atoms with Crippen LogP contribution in [0.2, 0.25) is 0 Å². The molecular formula is C12H16BrNO. The first-order valence-corrected chi connectivity index (χ1v) is 6.13. The molecule has 0 amide bonds. The first-order chi connectivity index (χ1) is 7.16. The molecule has 0 saturated carbocycles. The third kappa shape index (κ3) is 2.52. The lowest BCUT2D eigenvalue weighted by molar-refractivity contribution is 0.352. The summed E-state index contributed by atoms with van der Waals surface area (Å²) in [6.45, 7) is 6.00. The Morgan fingerprint density at radius 2 is 2.27 bits per heavy atom. The molecule has 1 N–H and O–H groups in total. The van der Waals surface area contributed by atoms with Crippen molar-refractivity contribution >= 4 is 15.9 Å². The largest absolute Gasteiger partial charge is 0.493 e. The molecule has 1 aromatic carbocycles. The number of rotatable bonds is 3. The fourth-order valence-electron chi connectivity index (χ4n) is 1.79. The molecule has 0 fully saturated rings. The van der Waals surface area contributed by atoms with E-state index in [4.69, 9.17) is 4.74 Å². The van der Waals surface area contributed by atoms with Gasteiger partial charge in [-0.3, -0.25) is 0 Å². The molecule has 0 bridgehead atoms. The van der Waals surface area contributed by atoms with Crippen molar-refractivity contribution in [3.8, 4) is 5.75 Å². The topological polar surface area (TPSA) is 21.3 Å². The maximum absolute atomic E-state index is 5.66. The first-order valence-electron chi connectivity index (χ1n) is 5.34. The molecule has 0 radical (unpaired) electrons. The zero-order valence-corrected chi connectivity index (χ0v) is 10.7. The van der Waals surface area contributed by atoms with Crippen molar-refractivity contribution in [1.29, 1.82) is 0 Å². The minimum Gasteiger partial charge on any atom is -0.493 e. The van der Waals surface area contributed by atoms with Gasteiger partial charge in [-0.1, -0.05) is 29.8 Å². The summed E-state index contributed by atoms with van der Waals surface area (Å²) in [6.07, 6.45) is 1.03. The lowest BCUT2D eigenvalue weighted by Crippen LogP contribution is -2.22. The Labute approximate surface area is 99.1 Å². The SMILES string of the molecule is CC(C)NCc1cc(Br)cc2c1OCC2. The number of hydrogen-bond donors (Lipinski definition) is 1. The third-order valence-corrected chi connectivity index (χ3v) is 2.98. The van der Waals surface area contributed by atoms with Crippen LogP contribution < -0.4 is 10.1 Å². The molecule has 3 heteroatoms. The van der Waals surface area contributed by atoms with Gasteiger partial charge < -0.3 is 10.1 Å². The van der Waals surface area contributed by atoms with E-state index in [1.54, 1.807) is 0 Å². The van der Waals surface area contributed by atoms with Gasteiger partial charge >= 0.3 is 0 Å². The maximum Gasteiger partial charge on any atom is 0.127 e. The smallest absolute Gasteiger partial charge is 0.127 e. The van der Waals surface area contributed by atoms with Gasteiger partial charge in [-0.05, 0) is 17.7 Å². The Hall–Kier alpha value is -0.540. The van der Waals surface area contributed by atoms with Crippen LogP contribution in [0.5, 0.6) is 5.75 Å². The lowest BCUT2D eigenvalue weighted by Gasteiger charge is -2.12. The zero-order chi connectivity index (χ0) is 10.8. The van der Waals surface area contributed by atoms with Crippen LogP contribution in [0.1, 0.15) is 25.0 Å². The second kappa shape index (κ2) is 4.54. The predicted molar refractivity (Wildman–Crippen MR) is 65.3 cm³/mol. The molecule has 0 saturated heterocycles. The molecule has 0 aromatic heterocycles. The monoisotopic (exact) mass is 269 g/mol. The Balaban J connectivity index is 2.22. The number of halogens is 1. The van der Waals surface area contributed by atoms with Crippen LogP contribution in [0.4, 0.5) is 0 Å². The molecule has 0 unspecified atom stereocenters. The van der Waals surface area contributed by atoms with Crippen LogP contribution in [0.25, 0.3) is 0 Å². The van der Waals surface area contributed by atoms with Crippen molar-refractivity contribution in [2.24, 2.45) is 0 Å². The van der Waals surface area contributed by atoms with Crippen molar-refractivity contribution in [2.45, 2.75) is 32.9 Å². The van der Waals surface area contributed by atoms with Gasteiger partial charge in [-0.25, -0.2) is 0 Å². The van der Waals surface area contributed by atoms with E-state index in [1.165, 1.54) is 11.1 Å². The fourth-order valence-corrected chi connectivity index (χ4v) is 2.34. The van der Waals surface area contributed by atoms with Crippen LogP contribution in [-0.2, 0) is 13.0 Å². The Morgan fingerprint density at radius 1 is 1.47 bits per heavy atom. The van der Waals surface area contributed by atoms with Crippen LogP contribution in [0.3, 0.4) is 0 Å². The number of nitrogens with one attached hydrogen (secondary N) is 1.